The number of fused-ring (bicyclic) bond motifs is 3. The van der Waals surface area contributed by atoms with E-state index >= 15 is 0 Å². The van der Waals surface area contributed by atoms with Gasteiger partial charge in [0.15, 0.2) is 5.69 Å². The lowest BCUT2D eigenvalue weighted by Gasteiger charge is -2.41. The minimum absolute atomic E-state index is 0.0118. The molecule has 4 heterocycles. The van der Waals surface area contributed by atoms with Gasteiger partial charge in [-0.15, -0.1) is 0 Å². The Hall–Kier alpha value is -2.30. The predicted octanol–water partition coefficient (Wildman–Crippen LogP) is 2.97. The summed E-state index contributed by atoms with van der Waals surface area (Å²) < 4.78 is 27.5. The van der Waals surface area contributed by atoms with Gasteiger partial charge in [0, 0.05) is 74.7 Å². The molecule has 35 heavy (non-hydrogen) atoms. The molecule has 3 aliphatic rings. The van der Waals surface area contributed by atoms with Gasteiger partial charge in [0.25, 0.3) is 5.91 Å². The number of nitrogens with one attached hydrogen (secondary N) is 1. The quantitative estimate of drug-likeness (QED) is 0.649. The molecule has 2 aromatic rings. The second-order valence-corrected chi connectivity index (χ2v) is 10.3. The van der Waals surface area contributed by atoms with Crippen molar-refractivity contribution in [3.05, 3.63) is 28.9 Å². The van der Waals surface area contributed by atoms with Crippen LogP contribution in [0.15, 0.2) is 18.2 Å². The van der Waals surface area contributed by atoms with Crippen LogP contribution in [0.5, 0.6) is 0 Å². The summed E-state index contributed by atoms with van der Waals surface area (Å²) in [4.78, 5) is 31.5. The first-order chi connectivity index (χ1) is 16.8. The van der Waals surface area contributed by atoms with Gasteiger partial charge in [-0.25, -0.2) is 4.68 Å². The average Bonchev–Trinajstić information content (AvgIpc) is 3.32. The Balaban J connectivity index is 1.19. The molecule has 11 heteroatoms. The highest BCUT2D eigenvalue weighted by atomic mass is 35.5. The van der Waals surface area contributed by atoms with Crippen LogP contribution in [0.4, 0.5) is 8.78 Å². The zero-order chi connectivity index (χ0) is 24.7. The molecule has 0 aliphatic carbocycles. The van der Waals surface area contributed by atoms with Gasteiger partial charge >= 0.3 is 6.55 Å². The van der Waals surface area contributed by atoms with Crippen molar-refractivity contribution >= 4 is 34.3 Å². The van der Waals surface area contributed by atoms with Gasteiger partial charge in [0.2, 0.25) is 5.91 Å². The summed E-state index contributed by atoms with van der Waals surface area (Å²) in [5.74, 6) is -0.290. The summed E-state index contributed by atoms with van der Waals surface area (Å²) in [6.07, 6.45) is 3.89. The average molecular weight is 509 g/mol. The van der Waals surface area contributed by atoms with Crippen LogP contribution in [0.2, 0.25) is 5.02 Å². The molecule has 2 amide bonds. The smallest absolute Gasteiger partial charge is 0.333 e. The van der Waals surface area contributed by atoms with Crippen LogP contribution in [0.25, 0.3) is 10.9 Å². The van der Waals surface area contributed by atoms with E-state index in [1.807, 2.05) is 4.90 Å². The molecule has 190 valence electrons. The number of carbonyl (C=O) groups is 2. The fourth-order valence-electron chi connectivity index (χ4n) is 5.98. The molecule has 0 radical (unpaired) electrons. The van der Waals surface area contributed by atoms with E-state index in [2.05, 4.69) is 20.2 Å². The number of hydrogen-bond acceptors (Lipinski definition) is 5. The minimum atomic E-state index is -2.84. The number of halogens is 3. The Morgan fingerprint density at radius 1 is 1.11 bits per heavy atom. The summed E-state index contributed by atoms with van der Waals surface area (Å²) in [6, 6.07) is 5.29. The van der Waals surface area contributed by atoms with Gasteiger partial charge in [0.1, 0.15) is 0 Å². The Kier molecular flexibility index (Phi) is 6.96. The molecule has 1 aromatic heterocycles. The molecular weight excluding hydrogens is 478 g/mol. The third-order valence-corrected chi connectivity index (χ3v) is 8.01. The Labute approximate surface area is 208 Å². The van der Waals surface area contributed by atoms with E-state index in [9.17, 15) is 18.4 Å². The molecular formula is C24H31ClF2N6O2. The van der Waals surface area contributed by atoms with Crippen molar-refractivity contribution < 1.29 is 18.4 Å². The monoisotopic (exact) mass is 508 g/mol. The summed E-state index contributed by atoms with van der Waals surface area (Å²) >= 11 is 6.06. The summed E-state index contributed by atoms with van der Waals surface area (Å²) in [7, 11) is 0. The van der Waals surface area contributed by atoms with E-state index in [1.54, 1.807) is 6.92 Å². The van der Waals surface area contributed by atoms with Gasteiger partial charge in [-0.2, -0.15) is 13.9 Å². The molecule has 2 bridgehead atoms. The minimum Gasteiger partial charge on any atom is -0.348 e. The highest BCUT2D eigenvalue weighted by Gasteiger charge is 2.41. The van der Waals surface area contributed by atoms with Crippen molar-refractivity contribution in [2.75, 3.05) is 39.3 Å². The summed E-state index contributed by atoms with van der Waals surface area (Å²) in [5, 5.41) is 7.68. The molecule has 5 rings (SSSR count). The lowest BCUT2D eigenvalue weighted by molar-refractivity contribution is -0.130. The van der Waals surface area contributed by atoms with E-state index in [0.717, 1.165) is 65.0 Å². The first kappa shape index (κ1) is 24.4. The maximum absolute atomic E-state index is 13.5. The second kappa shape index (κ2) is 9.99. The third kappa shape index (κ3) is 5.01. The topological polar surface area (TPSA) is 73.7 Å². The van der Waals surface area contributed by atoms with Crippen LogP contribution >= 0.6 is 11.6 Å². The van der Waals surface area contributed by atoms with Gasteiger partial charge in [-0.1, -0.05) is 11.6 Å². The van der Waals surface area contributed by atoms with E-state index < -0.39 is 12.5 Å². The number of rotatable bonds is 6. The maximum Gasteiger partial charge on any atom is 0.333 e. The molecule has 3 saturated heterocycles. The van der Waals surface area contributed by atoms with Crippen LogP contribution in [0, 0.1) is 0 Å². The van der Waals surface area contributed by atoms with Crippen LogP contribution in [0.3, 0.4) is 0 Å². The van der Waals surface area contributed by atoms with Crippen molar-refractivity contribution in [3.63, 3.8) is 0 Å². The van der Waals surface area contributed by atoms with Crippen molar-refractivity contribution in [1.82, 2.24) is 29.8 Å². The zero-order valence-corrected chi connectivity index (χ0v) is 20.6. The molecule has 3 aliphatic heterocycles. The fraction of sp³-hybridized carbons (Fsp3) is 0.625. The van der Waals surface area contributed by atoms with Crippen LogP contribution in [-0.4, -0.2) is 93.7 Å². The van der Waals surface area contributed by atoms with Crippen molar-refractivity contribution in [2.45, 2.75) is 57.3 Å². The van der Waals surface area contributed by atoms with Gasteiger partial charge in [-0.05, 0) is 43.9 Å². The van der Waals surface area contributed by atoms with Gasteiger partial charge in [-0.3, -0.25) is 19.4 Å². The molecule has 1 N–H and O–H groups in total. The van der Waals surface area contributed by atoms with Crippen molar-refractivity contribution in [2.24, 2.45) is 0 Å². The van der Waals surface area contributed by atoms with Crippen molar-refractivity contribution in [1.29, 1.82) is 0 Å². The van der Waals surface area contributed by atoms with Crippen LogP contribution in [0.1, 0.15) is 49.6 Å². The molecule has 8 nitrogen and oxygen atoms in total. The number of aromatic nitrogens is 2. The number of benzene rings is 1. The van der Waals surface area contributed by atoms with Crippen LogP contribution in [-0.2, 0) is 4.79 Å². The summed E-state index contributed by atoms with van der Waals surface area (Å²) in [6.45, 7) is 4.14. The lowest BCUT2D eigenvalue weighted by atomic mass is 9.97. The Morgan fingerprint density at radius 3 is 2.43 bits per heavy atom. The third-order valence-electron chi connectivity index (χ3n) is 7.78. The van der Waals surface area contributed by atoms with E-state index in [1.165, 1.54) is 18.2 Å². The van der Waals surface area contributed by atoms with E-state index in [0.29, 0.717) is 27.2 Å². The molecule has 0 spiro atoms. The molecule has 1 aromatic carbocycles. The number of amides is 2. The van der Waals surface area contributed by atoms with E-state index in [4.69, 9.17) is 11.6 Å². The number of alkyl halides is 2. The van der Waals surface area contributed by atoms with Gasteiger partial charge < -0.3 is 10.2 Å². The molecule has 3 atom stereocenters. The Bertz CT molecular complexity index is 1090. The number of hydrogen-bond donors (Lipinski definition) is 1. The lowest BCUT2D eigenvalue weighted by Crippen LogP contribution is -2.54. The number of carbonyl (C=O) groups excluding carboxylic acids is 2. The molecule has 3 fully saturated rings. The normalized spacial score (nSPS) is 25.5. The first-order valence-corrected chi connectivity index (χ1v) is 12.7. The maximum atomic E-state index is 13.5. The number of nitrogens with zero attached hydrogens (tertiary/aromatic N) is 5. The predicted molar refractivity (Wildman–Crippen MR) is 129 cm³/mol. The number of piperazine rings is 1. The Morgan fingerprint density at radius 2 is 1.80 bits per heavy atom. The SMILES string of the molecule is CC(=O)N1CCN(CCN2[C@@H]3CC[C@H]2CC(NC(=O)c2nn(C(F)F)c4ccc(Cl)cc24)C3)CC1. The van der Waals surface area contributed by atoms with Crippen LogP contribution < -0.4 is 5.32 Å². The highest BCUT2D eigenvalue weighted by molar-refractivity contribution is 6.31. The summed E-state index contributed by atoms with van der Waals surface area (Å²) in [5.41, 5.74) is 0.177. The van der Waals surface area contributed by atoms with E-state index in [-0.39, 0.29) is 23.2 Å². The highest BCUT2D eigenvalue weighted by Crippen LogP contribution is 2.36. The largest absolute Gasteiger partial charge is 0.348 e. The zero-order valence-electron chi connectivity index (χ0n) is 19.8. The second-order valence-electron chi connectivity index (χ2n) is 9.84. The number of piperidine rings is 1. The fourth-order valence-corrected chi connectivity index (χ4v) is 6.16. The molecule has 0 saturated carbocycles. The standard InChI is InChI=1S/C24H31ClF2N6O2/c1-15(34)31-9-6-30(7-10-31)8-11-32-18-3-4-19(32)14-17(13-18)28-23(35)22-20-12-16(25)2-5-21(20)33(29-22)24(26)27/h2,5,12,17-19,24H,3-4,6-11,13-14H2,1H3,(H,28,35)/t17?,18-,19+. The van der Waals surface area contributed by atoms with Crippen molar-refractivity contribution in [3.8, 4) is 0 Å². The molecule has 1 unspecified atom stereocenters. The first-order valence-electron chi connectivity index (χ1n) is 12.3. The van der Waals surface area contributed by atoms with Gasteiger partial charge in [0.05, 0.1) is 5.52 Å².